The number of amides is 1. The van der Waals surface area contributed by atoms with Gasteiger partial charge in [0.1, 0.15) is 17.3 Å². The fourth-order valence-electron chi connectivity index (χ4n) is 2.79. The van der Waals surface area contributed by atoms with Crippen molar-refractivity contribution in [3.05, 3.63) is 65.6 Å². The van der Waals surface area contributed by atoms with E-state index >= 15 is 0 Å². The molecule has 7 nitrogen and oxygen atoms in total. The molecule has 2 N–H and O–H groups in total. The van der Waals surface area contributed by atoms with Crippen LogP contribution in [0.3, 0.4) is 0 Å². The number of esters is 1. The summed E-state index contributed by atoms with van der Waals surface area (Å²) in [5, 5.41) is 11.9. The lowest BCUT2D eigenvalue weighted by Crippen LogP contribution is -2.31. The third kappa shape index (κ3) is 4.12. The minimum Gasteiger partial charge on any atom is -0.466 e. The molecule has 8 heteroatoms. The molecule has 0 saturated heterocycles. The Kier molecular flexibility index (Phi) is 5.90. The number of β-amino-alcohol motifs (C(OH)–C–C–N with tert-alkyl or cyclic N) is 1. The molecule has 0 bridgehead atoms. The van der Waals surface area contributed by atoms with Gasteiger partial charge in [-0.15, -0.1) is 0 Å². The molecule has 0 aromatic heterocycles. The number of nitrogens with zero attached hydrogens (tertiary/aromatic N) is 1. The maximum absolute atomic E-state index is 13.8. The van der Waals surface area contributed by atoms with Crippen LogP contribution in [0.1, 0.15) is 0 Å². The summed E-state index contributed by atoms with van der Waals surface area (Å²) in [5.74, 6) is -0.917. The van der Waals surface area contributed by atoms with E-state index in [-0.39, 0.29) is 42.4 Å². The molecule has 1 aliphatic heterocycles. The number of nitrogens with one attached hydrogen (secondary N) is 1. The molecule has 0 atom stereocenters. The highest BCUT2D eigenvalue weighted by molar-refractivity contribution is 6.08. The first-order chi connectivity index (χ1) is 13.5. The average molecular weight is 386 g/mol. The summed E-state index contributed by atoms with van der Waals surface area (Å²) in [6, 6.07) is 12.7. The summed E-state index contributed by atoms with van der Waals surface area (Å²) < 4.78 is 24.4. The molecule has 2 aromatic rings. The first kappa shape index (κ1) is 19.4. The van der Waals surface area contributed by atoms with Crippen LogP contribution in [0.25, 0.3) is 0 Å². The van der Waals surface area contributed by atoms with Crippen molar-refractivity contribution in [3.63, 3.8) is 0 Å². The molecule has 0 fully saturated rings. The number of aliphatic hydroxyl groups excluding tert-OH is 1. The van der Waals surface area contributed by atoms with Gasteiger partial charge in [0, 0.05) is 12.6 Å². The van der Waals surface area contributed by atoms with Crippen molar-refractivity contribution in [3.8, 4) is 11.5 Å². The standard InChI is InChI=1S/C20H19FN2O5/c1-27-20(26)15-12-23(9-10-24)19(25)18(15)22-16-11-13(21)7-8-17(16)28-14-5-3-2-4-6-14/h2-8,11,22,24H,9-10,12H2,1H3. The van der Waals surface area contributed by atoms with Crippen LogP contribution < -0.4 is 10.1 Å². The molecule has 0 saturated carbocycles. The van der Waals surface area contributed by atoms with Crippen LogP contribution in [0.15, 0.2) is 59.8 Å². The van der Waals surface area contributed by atoms with Crippen molar-refractivity contribution in [1.82, 2.24) is 4.90 Å². The second kappa shape index (κ2) is 8.53. The van der Waals surface area contributed by atoms with E-state index in [4.69, 9.17) is 14.6 Å². The highest BCUT2D eigenvalue weighted by Gasteiger charge is 2.34. The molecule has 28 heavy (non-hydrogen) atoms. The van der Waals surface area contributed by atoms with E-state index < -0.39 is 17.7 Å². The molecule has 0 unspecified atom stereocenters. The summed E-state index contributed by atoms with van der Waals surface area (Å²) in [6.07, 6.45) is 0. The Morgan fingerprint density at radius 3 is 2.68 bits per heavy atom. The summed E-state index contributed by atoms with van der Waals surface area (Å²) in [7, 11) is 1.21. The Bertz CT molecular complexity index is 914. The molecule has 3 rings (SSSR count). The summed E-state index contributed by atoms with van der Waals surface area (Å²) in [4.78, 5) is 26.0. The van der Waals surface area contributed by atoms with Crippen LogP contribution in [0.2, 0.25) is 0 Å². The average Bonchev–Trinajstić information content (AvgIpc) is 3.00. The van der Waals surface area contributed by atoms with E-state index in [0.717, 1.165) is 0 Å². The van der Waals surface area contributed by atoms with Crippen molar-refractivity contribution >= 4 is 17.6 Å². The Balaban J connectivity index is 1.95. The Morgan fingerprint density at radius 2 is 2.00 bits per heavy atom. The lowest BCUT2D eigenvalue weighted by Gasteiger charge is -2.16. The van der Waals surface area contributed by atoms with Gasteiger partial charge in [0.15, 0.2) is 5.75 Å². The predicted molar refractivity (Wildman–Crippen MR) is 99.2 cm³/mol. The number of anilines is 1. The van der Waals surface area contributed by atoms with Gasteiger partial charge in [0.05, 0.1) is 31.5 Å². The van der Waals surface area contributed by atoms with Gasteiger partial charge in [0.25, 0.3) is 5.91 Å². The van der Waals surface area contributed by atoms with E-state index in [0.29, 0.717) is 5.75 Å². The number of ether oxygens (including phenoxy) is 2. The number of para-hydroxylation sites is 1. The van der Waals surface area contributed by atoms with E-state index in [1.807, 2.05) is 6.07 Å². The van der Waals surface area contributed by atoms with Crippen LogP contribution in [0.4, 0.5) is 10.1 Å². The smallest absolute Gasteiger partial charge is 0.337 e. The minimum atomic E-state index is -0.682. The van der Waals surface area contributed by atoms with Crippen LogP contribution in [0, 0.1) is 5.82 Å². The molecule has 146 valence electrons. The number of benzene rings is 2. The van der Waals surface area contributed by atoms with Gasteiger partial charge in [-0.25, -0.2) is 9.18 Å². The molecule has 0 aliphatic carbocycles. The molecular formula is C20H19FN2O5. The van der Waals surface area contributed by atoms with E-state index in [1.165, 1.54) is 30.2 Å². The van der Waals surface area contributed by atoms with Crippen LogP contribution in [-0.2, 0) is 14.3 Å². The zero-order valence-corrected chi connectivity index (χ0v) is 15.1. The number of halogens is 1. The number of carbonyl (C=O) groups excluding carboxylic acids is 2. The number of aliphatic hydroxyl groups is 1. The van der Waals surface area contributed by atoms with Crippen LogP contribution in [-0.4, -0.2) is 48.7 Å². The first-order valence-electron chi connectivity index (χ1n) is 8.54. The van der Waals surface area contributed by atoms with Crippen LogP contribution >= 0.6 is 0 Å². The maximum Gasteiger partial charge on any atom is 0.337 e. The highest BCUT2D eigenvalue weighted by atomic mass is 19.1. The van der Waals surface area contributed by atoms with Crippen molar-refractivity contribution in [2.75, 3.05) is 32.1 Å². The molecule has 0 spiro atoms. The van der Waals surface area contributed by atoms with Crippen molar-refractivity contribution in [1.29, 1.82) is 0 Å². The minimum absolute atomic E-state index is 0.0153. The molecular weight excluding hydrogens is 367 g/mol. The fourth-order valence-corrected chi connectivity index (χ4v) is 2.79. The van der Waals surface area contributed by atoms with Gasteiger partial charge in [-0.05, 0) is 24.3 Å². The normalized spacial score (nSPS) is 13.7. The Hall–Kier alpha value is -3.39. The monoisotopic (exact) mass is 386 g/mol. The van der Waals surface area contributed by atoms with Gasteiger partial charge >= 0.3 is 5.97 Å². The first-order valence-corrected chi connectivity index (χ1v) is 8.54. The summed E-state index contributed by atoms with van der Waals surface area (Å²) in [6.45, 7) is -0.213. The topological polar surface area (TPSA) is 88.1 Å². The SMILES string of the molecule is COC(=O)C1=C(Nc2cc(F)ccc2Oc2ccccc2)C(=O)N(CCO)C1. The summed E-state index contributed by atoms with van der Waals surface area (Å²) >= 11 is 0. The van der Waals surface area contributed by atoms with Gasteiger partial charge < -0.3 is 24.8 Å². The lowest BCUT2D eigenvalue weighted by atomic mass is 10.2. The number of hydrogen-bond donors (Lipinski definition) is 2. The van der Waals surface area contributed by atoms with Crippen molar-refractivity contribution in [2.24, 2.45) is 0 Å². The number of hydrogen-bond acceptors (Lipinski definition) is 6. The number of rotatable bonds is 7. The Labute approximate surface area is 161 Å². The molecule has 1 heterocycles. The number of methoxy groups -OCH3 is 1. The van der Waals surface area contributed by atoms with Gasteiger partial charge in [-0.2, -0.15) is 0 Å². The summed E-state index contributed by atoms with van der Waals surface area (Å²) in [5.41, 5.74) is 0.235. The zero-order valence-electron chi connectivity index (χ0n) is 15.1. The largest absolute Gasteiger partial charge is 0.466 e. The fraction of sp³-hybridized carbons (Fsp3) is 0.200. The van der Waals surface area contributed by atoms with E-state index in [2.05, 4.69) is 5.32 Å². The molecule has 0 radical (unpaired) electrons. The van der Waals surface area contributed by atoms with E-state index in [9.17, 15) is 14.0 Å². The van der Waals surface area contributed by atoms with Crippen LogP contribution in [0.5, 0.6) is 11.5 Å². The highest BCUT2D eigenvalue weighted by Crippen LogP contribution is 2.33. The van der Waals surface area contributed by atoms with Crippen molar-refractivity contribution in [2.45, 2.75) is 0 Å². The molecule has 1 aliphatic rings. The van der Waals surface area contributed by atoms with Gasteiger partial charge in [-0.3, -0.25) is 4.79 Å². The zero-order chi connectivity index (χ0) is 20.1. The van der Waals surface area contributed by atoms with Gasteiger partial charge in [-0.1, -0.05) is 18.2 Å². The third-order valence-corrected chi connectivity index (χ3v) is 4.13. The quantitative estimate of drug-likeness (QED) is 0.710. The Morgan fingerprint density at radius 1 is 1.25 bits per heavy atom. The second-order valence-electron chi connectivity index (χ2n) is 5.98. The van der Waals surface area contributed by atoms with Crippen molar-refractivity contribution < 1.29 is 28.6 Å². The predicted octanol–water partition coefficient (Wildman–Crippen LogP) is 2.29. The third-order valence-electron chi connectivity index (χ3n) is 4.13. The lowest BCUT2D eigenvalue weighted by molar-refractivity contribution is -0.136. The van der Waals surface area contributed by atoms with Gasteiger partial charge in [0.2, 0.25) is 0 Å². The molecule has 1 amide bonds. The second-order valence-corrected chi connectivity index (χ2v) is 5.98. The number of carbonyl (C=O) groups is 2. The van der Waals surface area contributed by atoms with E-state index in [1.54, 1.807) is 24.3 Å². The molecule has 2 aromatic carbocycles. The maximum atomic E-state index is 13.8.